The summed E-state index contributed by atoms with van der Waals surface area (Å²) in [4.78, 5) is 22.2. The van der Waals surface area contributed by atoms with Crippen molar-refractivity contribution in [3.05, 3.63) is 67.4 Å². The van der Waals surface area contributed by atoms with E-state index in [1.807, 2.05) is 0 Å². The first-order valence-electron chi connectivity index (χ1n) is 5.59. The van der Waals surface area contributed by atoms with E-state index in [2.05, 4.69) is 21.2 Å². The Morgan fingerprint density at radius 1 is 1.33 bits per heavy atom. The van der Waals surface area contributed by atoms with Crippen LogP contribution in [0.2, 0.25) is 5.02 Å². The highest BCUT2D eigenvalue weighted by molar-refractivity contribution is 9.10. The topological polar surface area (TPSA) is 72.2 Å². The van der Waals surface area contributed by atoms with E-state index in [0.29, 0.717) is 21.2 Å². The monoisotopic (exact) mass is 372 g/mol. The van der Waals surface area contributed by atoms with Crippen LogP contribution in [0.15, 0.2) is 40.9 Å². The van der Waals surface area contributed by atoms with Gasteiger partial charge in [-0.3, -0.25) is 14.9 Å². The second-order valence-corrected chi connectivity index (χ2v) is 5.17. The Hall–Kier alpha value is -1.99. The molecule has 2 rings (SSSR count). The molecule has 8 heteroatoms. The van der Waals surface area contributed by atoms with Crippen molar-refractivity contribution < 1.29 is 14.1 Å². The van der Waals surface area contributed by atoms with Crippen LogP contribution in [0, 0.1) is 15.9 Å². The Labute approximate surface area is 132 Å². The zero-order valence-corrected chi connectivity index (χ0v) is 12.6. The quantitative estimate of drug-likeness (QED) is 0.640. The highest BCUT2D eigenvalue weighted by Gasteiger charge is 2.21. The number of benzene rings is 2. The molecule has 21 heavy (non-hydrogen) atoms. The van der Waals surface area contributed by atoms with E-state index in [9.17, 15) is 19.3 Å². The Bertz CT molecular complexity index is 739. The van der Waals surface area contributed by atoms with Crippen molar-refractivity contribution >= 4 is 44.8 Å². The van der Waals surface area contributed by atoms with Crippen LogP contribution in [-0.4, -0.2) is 10.8 Å². The Morgan fingerprint density at radius 3 is 2.71 bits per heavy atom. The minimum Gasteiger partial charge on any atom is -0.321 e. The van der Waals surface area contributed by atoms with Crippen molar-refractivity contribution in [2.75, 3.05) is 5.32 Å². The fourth-order valence-electron chi connectivity index (χ4n) is 1.64. The van der Waals surface area contributed by atoms with Gasteiger partial charge in [0.1, 0.15) is 11.4 Å². The molecule has 0 aromatic heterocycles. The summed E-state index contributed by atoms with van der Waals surface area (Å²) in [6, 6.07) is 7.53. The first-order valence-corrected chi connectivity index (χ1v) is 6.76. The van der Waals surface area contributed by atoms with Crippen LogP contribution in [0.3, 0.4) is 0 Å². The number of hydrogen-bond donors (Lipinski definition) is 1. The van der Waals surface area contributed by atoms with E-state index in [1.165, 1.54) is 0 Å². The van der Waals surface area contributed by atoms with Gasteiger partial charge in [-0.05, 0) is 40.2 Å². The van der Waals surface area contributed by atoms with Gasteiger partial charge in [-0.1, -0.05) is 17.7 Å². The third-order valence-electron chi connectivity index (χ3n) is 2.60. The van der Waals surface area contributed by atoms with Crippen LogP contribution in [0.1, 0.15) is 10.4 Å². The predicted molar refractivity (Wildman–Crippen MR) is 80.2 cm³/mol. The normalized spacial score (nSPS) is 10.2. The Balaban J connectivity index is 2.37. The molecule has 2 aromatic rings. The van der Waals surface area contributed by atoms with Crippen molar-refractivity contribution in [1.82, 2.24) is 0 Å². The molecule has 0 atom stereocenters. The number of nitro groups is 1. The lowest BCUT2D eigenvalue weighted by Gasteiger charge is -2.08. The molecule has 0 aliphatic heterocycles. The minimum absolute atomic E-state index is 0.242. The molecule has 0 saturated heterocycles. The third-order valence-corrected chi connectivity index (χ3v) is 4.00. The Kier molecular flexibility index (Phi) is 4.54. The number of nitrogens with one attached hydrogen (secondary N) is 1. The number of halogens is 3. The molecule has 0 aliphatic carbocycles. The predicted octanol–water partition coefficient (Wildman–Crippen LogP) is 4.40. The van der Waals surface area contributed by atoms with Gasteiger partial charge >= 0.3 is 0 Å². The molecule has 0 fully saturated rings. The number of nitrogens with zero attached hydrogens (tertiary/aromatic N) is 1. The SMILES string of the molecule is O=C(Nc1cccc(Cl)c1Br)c1ccc(F)cc1[N+](=O)[O-]. The van der Waals surface area contributed by atoms with E-state index in [0.717, 1.165) is 12.1 Å². The van der Waals surface area contributed by atoms with Crippen LogP contribution in [0.25, 0.3) is 0 Å². The number of carbonyl (C=O) groups is 1. The summed E-state index contributed by atoms with van der Waals surface area (Å²) < 4.78 is 13.5. The summed E-state index contributed by atoms with van der Waals surface area (Å²) in [5.74, 6) is -1.52. The summed E-state index contributed by atoms with van der Waals surface area (Å²) in [7, 11) is 0. The molecule has 1 N–H and O–H groups in total. The molecule has 0 saturated carbocycles. The number of amides is 1. The van der Waals surface area contributed by atoms with Crippen LogP contribution >= 0.6 is 27.5 Å². The van der Waals surface area contributed by atoms with E-state index in [-0.39, 0.29) is 5.56 Å². The van der Waals surface area contributed by atoms with Crippen molar-refractivity contribution in [3.8, 4) is 0 Å². The summed E-state index contributed by atoms with van der Waals surface area (Å²) in [5, 5.41) is 13.7. The summed E-state index contributed by atoms with van der Waals surface area (Å²) in [6.07, 6.45) is 0. The van der Waals surface area contributed by atoms with Gasteiger partial charge in [0.2, 0.25) is 0 Å². The largest absolute Gasteiger partial charge is 0.321 e. The second-order valence-electron chi connectivity index (χ2n) is 3.97. The fraction of sp³-hybridized carbons (Fsp3) is 0. The van der Waals surface area contributed by atoms with E-state index < -0.39 is 22.3 Å². The van der Waals surface area contributed by atoms with Crippen molar-refractivity contribution in [1.29, 1.82) is 0 Å². The van der Waals surface area contributed by atoms with Crippen molar-refractivity contribution in [2.45, 2.75) is 0 Å². The summed E-state index contributed by atoms with van der Waals surface area (Å²) in [6.45, 7) is 0. The first-order chi connectivity index (χ1) is 9.90. The lowest BCUT2D eigenvalue weighted by atomic mass is 10.1. The maximum Gasteiger partial charge on any atom is 0.285 e. The second kappa shape index (κ2) is 6.19. The maximum absolute atomic E-state index is 13.1. The maximum atomic E-state index is 13.1. The molecule has 0 unspecified atom stereocenters. The molecule has 0 bridgehead atoms. The van der Waals surface area contributed by atoms with Gasteiger partial charge in [-0.2, -0.15) is 0 Å². The van der Waals surface area contributed by atoms with Crippen molar-refractivity contribution in [2.24, 2.45) is 0 Å². The molecular formula is C13H7BrClFN2O3. The van der Waals surface area contributed by atoms with E-state index in [1.54, 1.807) is 18.2 Å². The van der Waals surface area contributed by atoms with Gasteiger partial charge in [-0.15, -0.1) is 0 Å². The van der Waals surface area contributed by atoms with Gasteiger partial charge in [-0.25, -0.2) is 4.39 Å². The molecule has 0 spiro atoms. The van der Waals surface area contributed by atoms with Crippen LogP contribution < -0.4 is 5.32 Å². The number of hydrogen-bond acceptors (Lipinski definition) is 3. The third kappa shape index (κ3) is 3.37. The lowest BCUT2D eigenvalue weighted by molar-refractivity contribution is -0.385. The van der Waals surface area contributed by atoms with Crippen LogP contribution in [-0.2, 0) is 0 Å². The molecular weight excluding hydrogens is 367 g/mol. The number of rotatable bonds is 3. The van der Waals surface area contributed by atoms with E-state index in [4.69, 9.17) is 11.6 Å². The highest BCUT2D eigenvalue weighted by Crippen LogP contribution is 2.31. The van der Waals surface area contributed by atoms with Gasteiger partial charge < -0.3 is 5.32 Å². The molecule has 0 radical (unpaired) electrons. The van der Waals surface area contributed by atoms with Gasteiger partial charge in [0.05, 0.1) is 26.2 Å². The summed E-state index contributed by atoms with van der Waals surface area (Å²) in [5.41, 5.74) is -0.495. The first kappa shape index (κ1) is 15.4. The lowest BCUT2D eigenvalue weighted by Crippen LogP contribution is -2.14. The standard InChI is InChI=1S/C13H7BrClFN2O3/c14-12-9(15)2-1-3-10(12)17-13(19)8-5-4-7(16)6-11(8)18(20)21/h1-6H,(H,17,19). The van der Waals surface area contributed by atoms with Crippen molar-refractivity contribution in [3.63, 3.8) is 0 Å². The number of anilines is 1. The van der Waals surface area contributed by atoms with Crippen LogP contribution in [0.5, 0.6) is 0 Å². The average Bonchev–Trinajstić information content (AvgIpc) is 2.43. The zero-order valence-electron chi connectivity index (χ0n) is 10.3. The molecule has 2 aromatic carbocycles. The highest BCUT2D eigenvalue weighted by atomic mass is 79.9. The molecule has 108 valence electrons. The molecule has 5 nitrogen and oxygen atoms in total. The van der Waals surface area contributed by atoms with Crippen LogP contribution in [0.4, 0.5) is 15.8 Å². The molecule has 0 heterocycles. The smallest absolute Gasteiger partial charge is 0.285 e. The number of carbonyl (C=O) groups excluding carboxylic acids is 1. The fourth-order valence-corrected chi connectivity index (χ4v) is 2.18. The minimum atomic E-state index is -0.814. The van der Waals surface area contributed by atoms with Gasteiger partial charge in [0, 0.05) is 0 Å². The summed E-state index contributed by atoms with van der Waals surface area (Å²) >= 11 is 9.09. The van der Waals surface area contributed by atoms with E-state index >= 15 is 0 Å². The average molecular weight is 374 g/mol. The van der Waals surface area contributed by atoms with Gasteiger partial charge in [0.25, 0.3) is 11.6 Å². The van der Waals surface area contributed by atoms with Gasteiger partial charge in [0.15, 0.2) is 0 Å². The zero-order chi connectivity index (χ0) is 15.6. The Morgan fingerprint density at radius 2 is 2.05 bits per heavy atom. The number of nitro benzene ring substituents is 1. The molecule has 1 amide bonds. The molecule has 0 aliphatic rings.